The molecule has 4 aromatic rings. The minimum absolute atomic E-state index is 0.796. The van der Waals surface area contributed by atoms with E-state index >= 15 is 0 Å². The molecule has 4 heteroatoms. The maximum atomic E-state index is 4.62. The van der Waals surface area contributed by atoms with Crippen molar-refractivity contribution >= 4 is 22.4 Å². The normalized spacial score (nSPS) is 11.1. The second-order valence-electron chi connectivity index (χ2n) is 4.91. The number of thiophene rings is 1. The number of aromatic amines is 1. The molecule has 1 N–H and O–H groups in total. The lowest BCUT2D eigenvalue weighted by Gasteiger charge is -2.01. The second kappa shape index (κ2) is 4.82. The predicted molar refractivity (Wildman–Crippen MR) is 87.4 cm³/mol. The smallest absolute Gasteiger partial charge is 0.126 e. The Morgan fingerprint density at radius 1 is 1.00 bits per heavy atom. The van der Waals surface area contributed by atoms with Crippen LogP contribution in [0.5, 0.6) is 0 Å². The highest BCUT2D eigenvalue weighted by atomic mass is 32.1. The zero-order valence-corrected chi connectivity index (χ0v) is 12.3. The third kappa shape index (κ3) is 2.14. The highest BCUT2D eigenvalue weighted by Gasteiger charge is 2.12. The van der Waals surface area contributed by atoms with E-state index in [9.17, 15) is 0 Å². The highest BCUT2D eigenvalue weighted by Crippen LogP contribution is 2.31. The number of hydrogen-bond acceptors (Lipinski definition) is 3. The molecule has 21 heavy (non-hydrogen) atoms. The third-order valence-electron chi connectivity index (χ3n) is 3.43. The van der Waals surface area contributed by atoms with Gasteiger partial charge in [-0.3, -0.25) is 0 Å². The van der Waals surface area contributed by atoms with Gasteiger partial charge >= 0.3 is 0 Å². The number of aryl methyl sites for hydroxylation is 1. The van der Waals surface area contributed by atoms with Gasteiger partial charge in [0.1, 0.15) is 11.5 Å². The lowest BCUT2D eigenvalue weighted by molar-refractivity contribution is 1.10. The summed E-state index contributed by atoms with van der Waals surface area (Å²) >= 11 is 1.69. The van der Waals surface area contributed by atoms with Crippen LogP contribution in [0, 0.1) is 6.92 Å². The molecule has 0 spiro atoms. The second-order valence-corrected chi connectivity index (χ2v) is 5.85. The van der Waals surface area contributed by atoms with Gasteiger partial charge in [-0.2, -0.15) is 0 Å². The molecule has 0 fully saturated rings. The Hall–Kier alpha value is -2.46. The summed E-state index contributed by atoms with van der Waals surface area (Å²) in [5.41, 5.74) is 5.18. The van der Waals surface area contributed by atoms with Crippen LogP contribution in [0.15, 0.2) is 53.9 Å². The summed E-state index contributed by atoms with van der Waals surface area (Å²) in [6.07, 6.45) is 0. The Bertz CT molecular complexity index is 893. The SMILES string of the molecule is Cc1nc(-c2cccs2)c2[nH]c(-c3ccccc3)cc2n1. The van der Waals surface area contributed by atoms with Crippen LogP contribution in [0.3, 0.4) is 0 Å². The van der Waals surface area contributed by atoms with Gasteiger partial charge in [-0.05, 0) is 30.0 Å². The standard InChI is InChI=1S/C17H13N3S/c1-11-18-14-10-13(12-6-3-2-4-7-12)20-16(14)17(19-11)15-8-5-9-21-15/h2-10,20H,1H3. The number of rotatable bonds is 2. The van der Waals surface area contributed by atoms with Gasteiger partial charge in [-0.1, -0.05) is 36.4 Å². The minimum Gasteiger partial charge on any atom is -0.351 e. The molecule has 0 aliphatic heterocycles. The fraction of sp³-hybridized carbons (Fsp3) is 0.0588. The topological polar surface area (TPSA) is 41.6 Å². The Balaban J connectivity index is 1.97. The van der Waals surface area contributed by atoms with E-state index in [0.29, 0.717) is 0 Å². The molecule has 3 nitrogen and oxygen atoms in total. The Labute approximate surface area is 126 Å². The van der Waals surface area contributed by atoms with E-state index in [2.05, 4.69) is 44.6 Å². The fourth-order valence-corrected chi connectivity index (χ4v) is 3.21. The van der Waals surface area contributed by atoms with Crippen molar-refractivity contribution in [2.75, 3.05) is 0 Å². The number of benzene rings is 1. The van der Waals surface area contributed by atoms with Crippen molar-refractivity contribution in [3.8, 4) is 21.8 Å². The van der Waals surface area contributed by atoms with Crippen LogP contribution in [0.25, 0.3) is 32.9 Å². The van der Waals surface area contributed by atoms with E-state index in [0.717, 1.165) is 38.7 Å². The first kappa shape index (κ1) is 12.3. The van der Waals surface area contributed by atoms with Crippen molar-refractivity contribution in [1.82, 2.24) is 15.0 Å². The summed E-state index contributed by atoms with van der Waals surface area (Å²) in [6, 6.07) is 16.5. The first-order valence-corrected chi connectivity index (χ1v) is 7.66. The molecule has 0 saturated heterocycles. The van der Waals surface area contributed by atoms with Gasteiger partial charge < -0.3 is 4.98 Å². The lowest BCUT2D eigenvalue weighted by Crippen LogP contribution is -1.91. The molecule has 0 atom stereocenters. The summed E-state index contributed by atoms with van der Waals surface area (Å²) in [5.74, 6) is 0.796. The molecule has 3 heterocycles. The van der Waals surface area contributed by atoms with Crippen molar-refractivity contribution in [1.29, 1.82) is 0 Å². The molecule has 0 radical (unpaired) electrons. The van der Waals surface area contributed by atoms with Crippen LogP contribution in [0.4, 0.5) is 0 Å². The average molecular weight is 291 g/mol. The molecular formula is C17H13N3S. The molecule has 1 aromatic carbocycles. The average Bonchev–Trinajstić information content (AvgIpc) is 3.16. The quantitative estimate of drug-likeness (QED) is 0.583. The van der Waals surface area contributed by atoms with E-state index in [1.807, 2.05) is 31.2 Å². The zero-order chi connectivity index (χ0) is 14.2. The number of aromatic nitrogens is 3. The molecule has 3 aromatic heterocycles. The van der Waals surface area contributed by atoms with Gasteiger partial charge in [0.05, 0.1) is 15.9 Å². The fourth-order valence-electron chi connectivity index (χ4n) is 2.49. The van der Waals surface area contributed by atoms with Gasteiger partial charge in [-0.25, -0.2) is 9.97 Å². The Morgan fingerprint density at radius 3 is 2.62 bits per heavy atom. The number of nitrogens with zero attached hydrogens (tertiary/aromatic N) is 2. The number of fused-ring (bicyclic) bond motifs is 1. The summed E-state index contributed by atoms with van der Waals surface area (Å²) in [6.45, 7) is 1.94. The maximum absolute atomic E-state index is 4.62. The molecular weight excluding hydrogens is 278 g/mol. The third-order valence-corrected chi connectivity index (χ3v) is 4.31. The van der Waals surface area contributed by atoms with Crippen LogP contribution in [0.2, 0.25) is 0 Å². The Kier molecular flexibility index (Phi) is 2.82. The molecule has 0 bridgehead atoms. The van der Waals surface area contributed by atoms with Gasteiger partial charge in [-0.15, -0.1) is 11.3 Å². The van der Waals surface area contributed by atoms with Crippen molar-refractivity contribution in [3.05, 3.63) is 59.7 Å². The molecule has 4 rings (SSSR count). The summed E-state index contributed by atoms with van der Waals surface area (Å²) < 4.78 is 0. The van der Waals surface area contributed by atoms with Gasteiger partial charge in [0.2, 0.25) is 0 Å². The maximum Gasteiger partial charge on any atom is 0.126 e. The van der Waals surface area contributed by atoms with Crippen LogP contribution in [0.1, 0.15) is 5.82 Å². The van der Waals surface area contributed by atoms with Crippen molar-refractivity contribution in [2.24, 2.45) is 0 Å². The van der Waals surface area contributed by atoms with Crippen LogP contribution in [-0.4, -0.2) is 15.0 Å². The van der Waals surface area contributed by atoms with Crippen LogP contribution in [-0.2, 0) is 0 Å². The zero-order valence-electron chi connectivity index (χ0n) is 11.5. The van der Waals surface area contributed by atoms with E-state index in [4.69, 9.17) is 0 Å². The lowest BCUT2D eigenvalue weighted by atomic mass is 10.2. The first-order chi connectivity index (χ1) is 10.3. The van der Waals surface area contributed by atoms with Crippen molar-refractivity contribution < 1.29 is 0 Å². The van der Waals surface area contributed by atoms with E-state index < -0.39 is 0 Å². The minimum atomic E-state index is 0.796. The molecule has 0 saturated carbocycles. The molecule has 0 aliphatic rings. The molecule has 0 unspecified atom stereocenters. The number of H-pyrrole nitrogens is 1. The van der Waals surface area contributed by atoms with E-state index in [1.54, 1.807) is 11.3 Å². The Morgan fingerprint density at radius 2 is 1.86 bits per heavy atom. The monoisotopic (exact) mass is 291 g/mol. The molecule has 102 valence electrons. The number of hydrogen-bond donors (Lipinski definition) is 1. The molecule has 0 aliphatic carbocycles. The van der Waals surface area contributed by atoms with Crippen molar-refractivity contribution in [3.63, 3.8) is 0 Å². The van der Waals surface area contributed by atoms with Gasteiger partial charge in [0.15, 0.2) is 0 Å². The summed E-state index contributed by atoms with van der Waals surface area (Å²) in [5, 5.41) is 2.07. The van der Waals surface area contributed by atoms with E-state index in [1.165, 1.54) is 0 Å². The van der Waals surface area contributed by atoms with Crippen LogP contribution >= 0.6 is 11.3 Å². The van der Waals surface area contributed by atoms with Crippen molar-refractivity contribution in [2.45, 2.75) is 6.92 Å². The van der Waals surface area contributed by atoms with Gasteiger partial charge in [0.25, 0.3) is 0 Å². The number of nitrogens with one attached hydrogen (secondary N) is 1. The highest BCUT2D eigenvalue weighted by molar-refractivity contribution is 7.13. The molecule has 0 amide bonds. The van der Waals surface area contributed by atoms with E-state index in [-0.39, 0.29) is 0 Å². The first-order valence-electron chi connectivity index (χ1n) is 6.78. The largest absolute Gasteiger partial charge is 0.351 e. The summed E-state index contributed by atoms with van der Waals surface area (Å²) in [7, 11) is 0. The van der Waals surface area contributed by atoms with Crippen LogP contribution < -0.4 is 0 Å². The van der Waals surface area contributed by atoms with Gasteiger partial charge in [0, 0.05) is 5.69 Å². The predicted octanol–water partition coefficient (Wildman–Crippen LogP) is 4.66. The summed E-state index contributed by atoms with van der Waals surface area (Å²) in [4.78, 5) is 13.8.